The summed E-state index contributed by atoms with van der Waals surface area (Å²) in [6.45, 7) is 6.62. The molecule has 0 N–H and O–H groups in total. The number of rotatable bonds is 4. The molecule has 3 rings (SSSR count). The summed E-state index contributed by atoms with van der Waals surface area (Å²) in [6.07, 6.45) is 4.23. The fourth-order valence-electron chi connectivity index (χ4n) is 3.58. The second-order valence-electron chi connectivity index (χ2n) is 6.38. The van der Waals surface area contributed by atoms with Crippen molar-refractivity contribution in [1.29, 1.82) is 0 Å². The maximum absolute atomic E-state index is 12.5. The monoisotopic (exact) mass is 286 g/mol. The molecule has 1 aromatic carbocycles. The Morgan fingerprint density at radius 1 is 1.10 bits per heavy atom. The molecule has 1 aromatic rings. The number of nitrogens with zero attached hydrogens (tertiary/aromatic N) is 2. The predicted molar refractivity (Wildman–Crippen MR) is 85.0 cm³/mol. The lowest BCUT2D eigenvalue weighted by Crippen LogP contribution is -2.46. The molecule has 0 bridgehead atoms. The van der Waals surface area contributed by atoms with Crippen LogP contribution in [0.4, 0.5) is 0 Å². The zero-order chi connectivity index (χ0) is 14.7. The standard InChI is InChI=1S/C18H26N2O/c1-2-19-11-8-15(9-12-19)14-18(21)20-13-10-17(20)16-6-4-3-5-7-16/h3-7,15,17H,2,8-14H2,1H3/t17-/m1/s1. The van der Waals surface area contributed by atoms with Gasteiger partial charge in [0.15, 0.2) is 0 Å². The summed E-state index contributed by atoms with van der Waals surface area (Å²) in [5.74, 6) is 0.961. The number of hydrogen-bond donors (Lipinski definition) is 0. The van der Waals surface area contributed by atoms with E-state index in [0.29, 0.717) is 17.9 Å². The first-order valence-corrected chi connectivity index (χ1v) is 8.34. The lowest BCUT2D eigenvalue weighted by Gasteiger charge is -2.42. The van der Waals surface area contributed by atoms with Crippen LogP contribution in [0.3, 0.4) is 0 Å². The van der Waals surface area contributed by atoms with Crippen LogP contribution >= 0.6 is 0 Å². The van der Waals surface area contributed by atoms with Gasteiger partial charge in [0.25, 0.3) is 0 Å². The van der Waals surface area contributed by atoms with Crippen molar-refractivity contribution in [2.45, 2.75) is 38.6 Å². The molecule has 0 aliphatic carbocycles. The topological polar surface area (TPSA) is 23.6 Å². The van der Waals surface area contributed by atoms with E-state index in [0.717, 1.165) is 39.0 Å². The molecule has 3 heteroatoms. The molecule has 1 atom stereocenters. The molecule has 2 fully saturated rings. The molecule has 114 valence electrons. The number of carbonyl (C=O) groups is 1. The first-order chi connectivity index (χ1) is 10.3. The summed E-state index contributed by atoms with van der Waals surface area (Å²) in [5, 5.41) is 0. The van der Waals surface area contributed by atoms with Crippen LogP contribution < -0.4 is 0 Å². The summed E-state index contributed by atoms with van der Waals surface area (Å²) < 4.78 is 0. The average Bonchev–Trinajstić information content (AvgIpc) is 2.48. The molecule has 2 aliphatic rings. The fourth-order valence-corrected chi connectivity index (χ4v) is 3.58. The van der Waals surface area contributed by atoms with Gasteiger partial charge in [-0.3, -0.25) is 4.79 Å². The lowest BCUT2D eigenvalue weighted by molar-refractivity contribution is -0.140. The number of amides is 1. The van der Waals surface area contributed by atoms with E-state index >= 15 is 0 Å². The van der Waals surface area contributed by atoms with Crippen molar-refractivity contribution in [2.24, 2.45) is 5.92 Å². The van der Waals surface area contributed by atoms with Crippen LogP contribution in [0.1, 0.15) is 44.2 Å². The number of piperidine rings is 1. The molecule has 2 aliphatic heterocycles. The van der Waals surface area contributed by atoms with E-state index in [9.17, 15) is 4.79 Å². The van der Waals surface area contributed by atoms with Crippen molar-refractivity contribution in [3.8, 4) is 0 Å². The van der Waals surface area contributed by atoms with Crippen LogP contribution in [0.15, 0.2) is 30.3 Å². The van der Waals surface area contributed by atoms with E-state index in [1.807, 2.05) is 6.07 Å². The fraction of sp³-hybridized carbons (Fsp3) is 0.611. The van der Waals surface area contributed by atoms with Gasteiger partial charge in [-0.25, -0.2) is 0 Å². The van der Waals surface area contributed by atoms with Crippen molar-refractivity contribution in [3.63, 3.8) is 0 Å². The third kappa shape index (κ3) is 3.29. The van der Waals surface area contributed by atoms with Gasteiger partial charge >= 0.3 is 0 Å². The lowest BCUT2D eigenvalue weighted by atomic mass is 9.90. The van der Waals surface area contributed by atoms with Crippen molar-refractivity contribution >= 4 is 5.91 Å². The van der Waals surface area contributed by atoms with E-state index < -0.39 is 0 Å². The summed E-state index contributed by atoms with van der Waals surface area (Å²) >= 11 is 0. The smallest absolute Gasteiger partial charge is 0.223 e. The Labute approximate surface area is 127 Å². The SMILES string of the molecule is CCN1CCC(CC(=O)N2CC[C@@H]2c2ccccc2)CC1. The van der Waals surface area contributed by atoms with Gasteiger partial charge in [-0.15, -0.1) is 0 Å². The summed E-state index contributed by atoms with van der Waals surface area (Å²) in [7, 11) is 0. The Balaban J connectivity index is 1.52. The quantitative estimate of drug-likeness (QED) is 0.849. The van der Waals surface area contributed by atoms with E-state index in [4.69, 9.17) is 0 Å². The zero-order valence-corrected chi connectivity index (χ0v) is 13.0. The Morgan fingerprint density at radius 3 is 2.38 bits per heavy atom. The average molecular weight is 286 g/mol. The highest BCUT2D eigenvalue weighted by molar-refractivity contribution is 5.77. The molecule has 0 radical (unpaired) electrons. The van der Waals surface area contributed by atoms with E-state index in [1.165, 1.54) is 18.4 Å². The van der Waals surface area contributed by atoms with Gasteiger partial charge in [-0.2, -0.15) is 0 Å². The van der Waals surface area contributed by atoms with Gasteiger partial charge in [0.1, 0.15) is 0 Å². The highest BCUT2D eigenvalue weighted by Crippen LogP contribution is 2.34. The molecule has 0 saturated carbocycles. The number of benzene rings is 1. The zero-order valence-electron chi connectivity index (χ0n) is 13.0. The second-order valence-corrected chi connectivity index (χ2v) is 6.38. The minimum absolute atomic E-state index is 0.328. The van der Waals surface area contributed by atoms with Crippen molar-refractivity contribution in [1.82, 2.24) is 9.80 Å². The minimum atomic E-state index is 0.328. The van der Waals surface area contributed by atoms with Crippen LogP contribution in [0.2, 0.25) is 0 Å². The largest absolute Gasteiger partial charge is 0.335 e. The van der Waals surface area contributed by atoms with Gasteiger partial charge in [0.05, 0.1) is 6.04 Å². The molecule has 0 spiro atoms. The number of hydrogen-bond acceptors (Lipinski definition) is 2. The molecule has 0 aromatic heterocycles. The van der Waals surface area contributed by atoms with Gasteiger partial charge in [-0.1, -0.05) is 37.3 Å². The molecular weight excluding hydrogens is 260 g/mol. The van der Waals surface area contributed by atoms with Gasteiger partial charge in [-0.05, 0) is 50.4 Å². The van der Waals surface area contributed by atoms with Gasteiger partial charge in [0.2, 0.25) is 5.91 Å². The highest BCUT2D eigenvalue weighted by atomic mass is 16.2. The first kappa shape index (κ1) is 14.6. The Kier molecular flexibility index (Phi) is 4.59. The predicted octanol–water partition coefficient (Wildman–Crippen LogP) is 3.08. The van der Waals surface area contributed by atoms with Crippen molar-refractivity contribution in [2.75, 3.05) is 26.2 Å². The Bertz CT molecular complexity index is 465. The number of carbonyl (C=O) groups excluding carboxylic acids is 1. The van der Waals surface area contributed by atoms with Gasteiger partial charge in [0, 0.05) is 13.0 Å². The third-order valence-electron chi connectivity index (χ3n) is 5.14. The second kappa shape index (κ2) is 6.61. The normalized spacial score (nSPS) is 23.9. The summed E-state index contributed by atoms with van der Waals surface area (Å²) in [6, 6.07) is 10.8. The van der Waals surface area contributed by atoms with Crippen molar-refractivity contribution < 1.29 is 4.79 Å². The van der Waals surface area contributed by atoms with E-state index in [-0.39, 0.29) is 0 Å². The van der Waals surface area contributed by atoms with Crippen LogP contribution in [0.25, 0.3) is 0 Å². The van der Waals surface area contributed by atoms with E-state index in [2.05, 4.69) is 41.0 Å². The van der Waals surface area contributed by atoms with E-state index in [1.54, 1.807) is 0 Å². The molecule has 0 unspecified atom stereocenters. The van der Waals surface area contributed by atoms with Crippen LogP contribution in [-0.4, -0.2) is 41.9 Å². The van der Waals surface area contributed by atoms with Gasteiger partial charge < -0.3 is 9.80 Å². The summed E-state index contributed by atoms with van der Waals surface area (Å²) in [5.41, 5.74) is 1.29. The molecule has 2 heterocycles. The maximum Gasteiger partial charge on any atom is 0.223 e. The molecule has 3 nitrogen and oxygen atoms in total. The number of likely N-dealkylation sites (tertiary alicyclic amines) is 2. The maximum atomic E-state index is 12.5. The van der Waals surface area contributed by atoms with Crippen molar-refractivity contribution in [3.05, 3.63) is 35.9 Å². The molecule has 21 heavy (non-hydrogen) atoms. The van der Waals surface area contributed by atoms with Crippen LogP contribution in [-0.2, 0) is 4.79 Å². The molecular formula is C18H26N2O. The van der Waals surface area contributed by atoms with Crippen LogP contribution in [0, 0.1) is 5.92 Å². The summed E-state index contributed by atoms with van der Waals surface area (Å²) in [4.78, 5) is 17.1. The van der Waals surface area contributed by atoms with Crippen LogP contribution in [0.5, 0.6) is 0 Å². The Hall–Kier alpha value is -1.35. The molecule has 2 saturated heterocycles. The highest BCUT2D eigenvalue weighted by Gasteiger charge is 2.34. The first-order valence-electron chi connectivity index (χ1n) is 8.34. The minimum Gasteiger partial charge on any atom is -0.335 e. The molecule has 1 amide bonds. The third-order valence-corrected chi connectivity index (χ3v) is 5.14. The Morgan fingerprint density at radius 2 is 1.81 bits per heavy atom.